The summed E-state index contributed by atoms with van der Waals surface area (Å²) in [6.45, 7) is 0.845. The molecule has 0 aliphatic rings. The smallest absolute Gasteiger partial charge is 0.317 e. The third-order valence-corrected chi connectivity index (χ3v) is 1.93. The molecule has 7 nitrogen and oxygen atoms in total. The van der Waals surface area contributed by atoms with Gasteiger partial charge in [0.15, 0.2) is 0 Å². The van der Waals surface area contributed by atoms with E-state index in [4.69, 9.17) is 15.3 Å². The van der Waals surface area contributed by atoms with E-state index in [1.807, 2.05) is 0 Å². The fraction of sp³-hybridized carbons (Fsp3) is 0.400. The molecule has 1 heterocycles. The van der Waals surface area contributed by atoms with Crippen molar-refractivity contribution >= 4 is 5.97 Å². The predicted molar refractivity (Wildman–Crippen MR) is 59.2 cm³/mol. The molecule has 0 amide bonds. The first kappa shape index (κ1) is 19.3. The van der Waals surface area contributed by atoms with Crippen molar-refractivity contribution in [3.05, 3.63) is 23.0 Å². The Morgan fingerprint density at radius 1 is 1.39 bits per heavy atom. The van der Waals surface area contributed by atoms with Gasteiger partial charge in [-0.3, -0.25) is 9.78 Å². The van der Waals surface area contributed by atoms with Crippen LogP contribution in [0.2, 0.25) is 0 Å². The summed E-state index contributed by atoms with van der Waals surface area (Å²) in [5.74, 6) is -1.01. The minimum Gasteiger partial charge on any atom is -0.506 e. The van der Waals surface area contributed by atoms with Crippen LogP contribution in [0, 0.1) is 6.92 Å². The average Bonchev–Trinajstić information content (AvgIpc) is 2.33. The monoisotopic (exact) mass is 308 g/mol. The average molecular weight is 310 g/mol. The molecule has 0 aromatic carbocycles. The number of rotatable bonds is 3. The second kappa shape index (κ2) is 9.90. The zero-order chi connectivity index (χ0) is 13.4. The summed E-state index contributed by atoms with van der Waals surface area (Å²) in [6, 6.07) is 0. The topological polar surface area (TPSA) is 137 Å². The summed E-state index contributed by atoms with van der Waals surface area (Å²) in [6.07, 6.45) is 1.45. The quantitative estimate of drug-likeness (QED) is 0.457. The number of aliphatic carboxylic acids is 1. The third-order valence-electron chi connectivity index (χ3n) is 1.93. The Morgan fingerprint density at radius 3 is 2.22 bits per heavy atom. The normalized spacial score (nSPS) is 8.89. The number of carboxylic acids is 1. The third kappa shape index (κ3) is 6.02. The van der Waals surface area contributed by atoms with Crippen molar-refractivity contribution in [2.45, 2.75) is 20.1 Å². The van der Waals surface area contributed by atoms with E-state index in [1.165, 1.54) is 6.20 Å². The number of nitrogens with two attached hydrogens (primary N) is 1. The van der Waals surface area contributed by atoms with Gasteiger partial charge >= 0.3 is 5.97 Å². The molecule has 0 unspecified atom stereocenters. The number of hydrogen-bond acceptors (Lipinski definition) is 6. The number of aliphatic hydroxyl groups excluding tert-OH is 2. The Morgan fingerprint density at radius 2 is 1.89 bits per heavy atom. The van der Waals surface area contributed by atoms with Crippen LogP contribution in [0.25, 0.3) is 0 Å². The van der Waals surface area contributed by atoms with Crippen LogP contribution in [0.3, 0.4) is 0 Å². The van der Waals surface area contributed by atoms with Crippen LogP contribution in [0.1, 0.15) is 16.8 Å². The number of pyridine rings is 1. The maximum absolute atomic E-state index is 9.38. The van der Waals surface area contributed by atoms with Gasteiger partial charge in [0.2, 0.25) is 0 Å². The maximum atomic E-state index is 9.38. The van der Waals surface area contributed by atoms with E-state index in [-0.39, 0.29) is 45.0 Å². The minimum absolute atomic E-state index is 0. The molecule has 0 aliphatic carbocycles. The van der Waals surface area contributed by atoms with Crippen LogP contribution in [-0.2, 0) is 37.5 Å². The number of aromatic hydroxyl groups is 1. The first-order valence-corrected chi connectivity index (χ1v) is 4.77. The summed E-state index contributed by atoms with van der Waals surface area (Å²) < 4.78 is 0. The molecule has 1 rings (SSSR count). The van der Waals surface area contributed by atoms with Crippen LogP contribution in [-0.4, -0.2) is 37.9 Å². The summed E-state index contributed by atoms with van der Waals surface area (Å²) in [4.78, 5) is 13.1. The molecular formula is C10H16N2O5Zn. The number of aromatic nitrogens is 1. The summed E-state index contributed by atoms with van der Waals surface area (Å²) in [5, 5.41) is 34.6. The van der Waals surface area contributed by atoms with Gasteiger partial charge in [-0.1, -0.05) is 0 Å². The molecular weight excluding hydrogens is 294 g/mol. The van der Waals surface area contributed by atoms with Gasteiger partial charge in [-0.2, -0.15) is 0 Å². The molecule has 0 fully saturated rings. The zero-order valence-corrected chi connectivity index (χ0v) is 13.1. The standard InChI is InChI=1S/C8H11NO3.C2H5NO2.Zn/c1-5-8(12)7(4-11)6(3-10)2-9-5;3-1-2(4)5;/h2,10-12H,3-4H2,1H3;1,3H2,(H,4,5);. The van der Waals surface area contributed by atoms with Crippen molar-refractivity contribution < 1.29 is 44.7 Å². The molecule has 6 N–H and O–H groups in total. The van der Waals surface area contributed by atoms with E-state index in [0.717, 1.165) is 0 Å². The van der Waals surface area contributed by atoms with Crippen LogP contribution in [0.4, 0.5) is 0 Å². The van der Waals surface area contributed by atoms with E-state index >= 15 is 0 Å². The molecule has 0 radical (unpaired) electrons. The number of carbonyl (C=O) groups is 1. The van der Waals surface area contributed by atoms with E-state index in [1.54, 1.807) is 6.92 Å². The number of aliphatic hydroxyl groups is 2. The Hall–Kier alpha value is -1.08. The first-order valence-electron chi connectivity index (χ1n) is 4.77. The Balaban J connectivity index is 0. The summed E-state index contributed by atoms with van der Waals surface area (Å²) in [5.41, 5.74) is 5.84. The fourth-order valence-electron chi connectivity index (χ4n) is 0.997. The van der Waals surface area contributed by atoms with Gasteiger partial charge in [0.25, 0.3) is 0 Å². The van der Waals surface area contributed by atoms with Gasteiger partial charge in [-0.05, 0) is 6.92 Å². The fourth-order valence-corrected chi connectivity index (χ4v) is 0.997. The van der Waals surface area contributed by atoms with Crippen LogP contribution in [0.15, 0.2) is 6.20 Å². The number of aryl methyl sites for hydroxylation is 1. The van der Waals surface area contributed by atoms with E-state index < -0.39 is 5.97 Å². The van der Waals surface area contributed by atoms with Gasteiger partial charge in [0, 0.05) is 36.8 Å². The molecule has 1 aromatic rings. The molecule has 0 saturated heterocycles. The number of carboxylic acid groups (broad SMARTS) is 1. The van der Waals surface area contributed by atoms with Crippen LogP contribution < -0.4 is 5.73 Å². The van der Waals surface area contributed by atoms with E-state index in [0.29, 0.717) is 16.8 Å². The number of hydrogen-bond donors (Lipinski definition) is 5. The molecule has 0 saturated carbocycles. The molecule has 0 spiro atoms. The zero-order valence-electron chi connectivity index (χ0n) is 10.1. The van der Waals surface area contributed by atoms with Crippen molar-refractivity contribution in [1.29, 1.82) is 0 Å². The number of nitrogens with zero attached hydrogens (tertiary/aromatic N) is 1. The molecule has 0 bridgehead atoms. The second-order valence-corrected chi connectivity index (χ2v) is 3.11. The van der Waals surface area contributed by atoms with E-state index in [9.17, 15) is 9.90 Å². The Kier molecular flexibility index (Phi) is 10.6. The van der Waals surface area contributed by atoms with Crippen LogP contribution >= 0.6 is 0 Å². The molecule has 0 aliphatic heterocycles. The predicted octanol–water partition coefficient (Wildman–Crippen LogP) is -0.893. The van der Waals surface area contributed by atoms with Crippen molar-refractivity contribution in [2.75, 3.05) is 6.54 Å². The van der Waals surface area contributed by atoms with Gasteiger partial charge in [0.1, 0.15) is 5.75 Å². The van der Waals surface area contributed by atoms with Crippen LogP contribution in [0.5, 0.6) is 5.75 Å². The molecule has 18 heavy (non-hydrogen) atoms. The Bertz CT molecular complexity index is 387. The van der Waals surface area contributed by atoms with E-state index in [2.05, 4.69) is 10.7 Å². The second-order valence-electron chi connectivity index (χ2n) is 3.11. The molecule has 1 aromatic heterocycles. The van der Waals surface area contributed by atoms with Gasteiger partial charge in [-0.15, -0.1) is 0 Å². The van der Waals surface area contributed by atoms with Crippen molar-refractivity contribution in [3.63, 3.8) is 0 Å². The van der Waals surface area contributed by atoms with Gasteiger partial charge in [0.05, 0.1) is 25.5 Å². The van der Waals surface area contributed by atoms with Gasteiger partial charge < -0.3 is 26.2 Å². The van der Waals surface area contributed by atoms with Crippen molar-refractivity contribution in [2.24, 2.45) is 5.73 Å². The molecule has 0 atom stereocenters. The Labute approximate surface area is 117 Å². The molecule has 8 heteroatoms. The summed E-state index contributed by atoms with van der Waals surface area (Å²) in [7, 11) is 0. The maximum Gasteiger partial charge on any atom is 0.317 e. The van der Waals surface area contributed by atoms with Gasteiger partial charge in [-0.25, -0.2) is 0 Å². The minimum atomic E-state index is -0.968. The SMILES string of the molecule is Cc1ncc(CO)c(CO)c1O.NCC(=O)O.[Zn]. The van der Waals surface area contributed by atoms with Crippen molar-refractivity contribution in [1.82, 2.24) is 4.98 Å². The first-order chi connectivity index (χ1) is 7.97. The van der Waals surface area contributed by atoms with Crippen molar-refractivity contribution in [3.8, 4) is 5.75 Å². The largest absolute Gasteiger partial charge is 0.506 e. The summed E-state index contributed by atoms with van der Waals surface area (Å²) >= 11 is 0. The molecule has 98 valence electrons.